The molecule has 4 N–H and O–H groups in total. The van der Waals surface area contributed by atoms with Crippen molar-refractivity contribution in [2.24, 2.45) is 0 Å². The quantitative estimate of drug-likeness (QED) is 0.859. The Kier molecular flexibility index (Phi) is 2.59. The largest absolute Gasteiger partial charge is 0.467 e. The van der Waals surface area contributed by atoms with Gasteiger partial charge in [-0.05, 0) is 37.1 Å². The molecule has 1 aliphatic rings. The van der Waals surface area contributed by atoms with Gasteiger partial charge in [0, 0.05) is 6.04 Å². The van der Waals surface area contributed by atoms with Gasteiger partial charge >= 0.3 is 0 Å². The van der Waals surface area contributed by atoms with Gasteiger partial charge in [0.1, 0.15) is 17.4 Å². The van der Waals surface area contributed by atoms with Crippen LogP contribution in [0.4, 0.5) is 17.3 Å². The van der Waals surface area contributed by atoms with Crippen LogP contribution in [-0.4, -0.2) is 11.0 Å². The Morgan fingerprint density at radius 1 is 1.28 bits per heavy atom. The van der Waals surface area contributed by atoms with Crippen molar-refractivity contribution in [3.8, 4) is 0 Å². The standard InChI is InChI=1S/C13H16N4O/c14-11-5-6-12(16-13(11)15)17(9-3-4-9)8-10-2-1-7-18-10/h1-2,5-7,9H,3-4,8,14H2,(H2,15,16). The first-order valence-electron chi connectivity index (χ1n) is 6.05. The molecule has 94 valence electrons. The molecule has 0 unspecified atom stereocenters. The second-order valence-electron chi connectivity index (χ2n) is 4.58. The van der Waals surface area contributed by atoms with E-state index in [1.807, 2.05) is 18.2 Å². The maximum atomic E-state index is 5.77. The van der Waals surface area contributed by atoms with Crippen molar-refractivity contribution in [1.29, 1.82) is 0 Å². The lowest BCUT2D eigenvalue weighted by molar-refractivity contribution is 0.500. The first-order chi connectivity index (χ1) is 8.74. The second kappa shape index (κ2) is 4.25. The van der Waals surface area contributed by atoms with Gasteiger partial charge in [0.15, 0.2) is 0 Å². The lowest BCUT2D eigenvalue weighted by atomic mass is 10.3. The van der Waals surface area contributed by atoms with Gasteiger partial charge in [-0.2, -0.15) is 0 Å². The summed E-state index contributed by atoms with van der Waals surface area (Å²) in [6.07, 6.45) is 4.06. The van der Waals surface area contributed by atoms with E-state index in [-0.39, 0.29) is 0 Å². The summed E-state index contributed by atoms with van der Waals surface area (Å²) in [5.74, 6) is 2.18. The smallest absolute Gasteiger partial charge is 0.149 e. The molecule has 0 atom stereocenters. The molecular weight excluding hydrogens is 228 g/mol. The number of aromatic nitrogens is 1. The minimum absolute atomic E-state index is 0.387. The molecule has 0 bridgehead atoms. The van der Waals surface area contributed by atoms with Crippen molar-refractivity contribution in [3.63, 3.8) is 0 Å². The molecule has 2 aromatic rings. The van der Waals surface area contributed by atoms with Gasteiger partial charge in [0.25, 0.3) is 0 Å². The summed E-state index contributed by atoms with van der Waals surface area (Å²) in [5.41, 5.74) is 12.0. The summed E-state index contributed by atoms with van der Waals surface area (Å²) in [6, 6.07) is 8.11. The van der Waals surface area contributed by atoms with Crippen molar-refractivity contribution in [2.45, 2.75) is 25.4 Å². The van der Waals surface area contributed by atoms with Crippen LogP contribution >= 0.6 is 0 Å². The molecule has 2 aromatic heterocycles. The van der Waals surface area contributed by atoms with Gasteiger partial charge in [-0.25, -0.2) is 4.98 Å². The average molecular weight is 244 g/mol. The van der Waals surface area contributed by atoms with E-state index in [2.05, 4.69) is 9.88 Å². The lowest BCUT2D eigenvalue weighted by Crippen LogP contribution is -2.26. The van der Waals surface area contributed by atoms with Gasteiger partial charge in [-0.1, -0.05) is 0 Å². The fourth-order valence-electron chi connectivity index (χ4n) is 1.99. The Hall–Kier alpha value is -2.17. The highest BCUT2D eigenvalue weighted by Crippen LogP contribution is 2.33. The van der Waals surface area contributed by atoms with E-state index in [1.54, 1.807) is 12.3 Å². The number of hydrogen-bond donors (Lipinski definition) is 2. The molecule has 0 aliphatic heterocycles. The van der Waals surface area contributed by atoms with Crippen molar-refractivity contribution >= 4 is 17.3 Å². The van der Waals surface area contributed by atoms with Crippen LogP contribution in [0.2, 0.25) is 0 Å². The van der Waals surface area contributed by atoms with Crippen molar-refractivity contribution < 1.29 is 4.42 Å². The van der Waals surface area contributed by atoms with Crippen LogP contribution in [0.5, 0.6) is 0 Å². The van der Waals surface area contributed by atoms with Gasteiger partial charge < -0.3 is 20.8 Å². The van der Waals surface area contributed by atoms with E-state index in [1.165, 1.54) is 12.8 Å². The zero-order chi connectivity index (χ0) is 12.5. The third-order valence-electron chi connectivity index (χ3n) is 3.13. The number of rotatable bonds is 4. The molecular formula is C13H16N4O. The number of nitrogen functional groups attached to an aromatic ring is 2. The SMILES string of the molecule is Nc1ccc(N(Cc2ccco2)C2CC2)nc1N. The Balaban J connectivity index is 1.86. The second-order valence-corrected chi connectivity index (χ2v) is 4.58. The Bertz CT molecular complexity index is 534. The van der Waals surface area contributed by atoms with E-state index in [4.69, 9.17) is 15.9 Å². The number of anilines is 3. The molecule has 5 nitrogen and oxygen atoms in total. The fraction of sp³-hybridized carbons (Fsp3) is 0.308. The minimum Gasteiger partial charge on any atom is -0.467 e. The molecule has 0 spiro atoms. The highest BCUT2D eigenvalue weighted by atomic mass is 16.3. The van der Waals surface area contributed by atoms with E-state index >= 15 is 0 Å². The third kappa shape index (κ3) is 2.11. The molecule has 0 radical (unpaired) electrons. The molecule has 0 amide bonds. The summed E-state index contributed by atoms with van der Waals surface area (Å²) < 4.78 is 5.39. The summed E-state index contributed by atoms with van der Waals surface area (Å²) in [6.45, 7) is 0.716. The number of hydrogen-bond acceptors (Lipinski definition) is 5. The minimum atomic E-state index is 0.387. The Labute approximate surface area is 105 Å². The third-order valence-corrected chi connectivity index (χ3v) is 3.13. The first kappa shape index (κ1) is 11.0. The lowest BCUT2D eigenvalue weighted by Gasteiger charge is -2.22. The topological polar surface area (TPSA) is 81.3 Å². The number of pyridine rings is 1. The molecule has 1 saturated carbocycles. The van der Waals surface area contributed by atoms with Crippen LogP contribution < -0.4 is 16.4 Å². The van der Waals surface area contributed by atoms with Crippen molar-refractivity contribution in [2.75, 3.05) is 16.4 Å². The monoisotopic (exact) mass is 244 g/mol. The molecule has 1 aliphatic carbocycles. The summed E-state index contributed by atoms with van der Waals surface area (Å²) in [5, 5.41) is 0. The number of nitrogens with zero attached hydrogens (tertiary/aromatic N) is 2. The molecule has 1 fully saturated rings. The summed E-state index contributed by atoms with van der Waals surface area (Å²) in [4.78, 5) is 6.57. The molecule has 0 saturated heterocycles. The van der Waals surface area contributed by atoms with Crippen LogP contribution in [0.1, 0.15) is 18.6 Å². The predicted molar refractivity (Wildman–Crippen MR) is 71.0 cm³/mol. The highest BCUT2D eigenvalue weighted by Gasteiger charge is 2.30. The maximum absolute atomic E-state index is 5.77. The van der Waals surface area contributed by atoms with Gasteiger partial charge in [-0.3, -0.25) is 0 Å². The number of nitrogens with two attached hydrogens (primary N) is 2. The zero-order valence-corrected chi connectivity index (χ0v) is 10.0. The zero-order valence-electron chi connectivity index (χ0n) is 10.0. The molecule has 0 aromatic carbocycles. The van der Waals surface area contributed by atoms with Crippen molar-refractivity contribution in [1.82, 2.24) is 4.98 Å². The Morgan fingerprint density at radius 3 is 2.72 bits per heavy atom. The van der Waals surface area contributed by atoms with Crippen LogP contribution in [0, 0.1) is 0 Å². The van der Waals surface area contributed by atoms with E-state index < -0.39 is 0 Å². The highest BCUT2D eigenvalue weighted by molar-refractivity contribution is 5.62. The van der Waals surface area contributed by atoms with E-state index in [0.717, 1.165) is 11.6 Å². The van der Waals surface area contributed by atoms with Crippen LogP contribution in [0.25, 0.3) is 0 Å². The van der Waals surface area contributed by atoms with Gasteiger partial charge in [-0.15, -0.1) is 0 Å². The fourth-order valence-corrected chi connectivity index (χ4v) is 1.99. The average Bonchev–Trinajstić information content (AvgIpc) is 3.07. The summed E-state index contributed by atoms with van der Waals surface area (Å²) in [7, 11) is 0. The van der Waals surface area contributed by atoms with E-state index in [9.17, 15) is 0 Å². The Morgan fingerprint density at radius 2 is 2.11 bits per heavy atom. The van der Waals surface area contributed by atoms with Gasteiger partial charge in [0.2, 0.25) is 0 Å². The molecule has 18 heavy (non-hydrogen) atoms. The number of furan rings is 1. The molecule has 3 rings (SSSR count). The molecule has 5 heteroatoms. The first-order valence-corrected chi connectivity index (χ1v) is 6.05. The molecule has 2 heterocycles. The van der Waals surface area contributed by atoms with Crippen molar-refractivity contribution in [3.05, 3.63) is 36.3 Å². The normalized spacial score (nSPS) is 14.7. The maximum Gasteiger partial charge on any atom is 0.149 e. The van der Waals surface area contributed by atoms with Crippen LogP contribution in [0.15, 0.2) is 34.9 Å². The van der Waals surface area contributed by atoms with Crippen LogP contribution in [-0.2, 0) is 6.54 Å². The summed E-state index contributed by atoms with van der Waals surface area (Å²) >= 11 is 0. The van der Waals surface area contributed by atoms with E-state index in [0.29, 0.717) is 24.1 Å². The predicted octanol–water partition coefficient (Wildman–Crippen LogP) is 2.01. The van der Waals surface area contributed by atoms with Crippen LogP contribution in [0.3, 0.4) is 0 Å². The van der Waals surface area contributed by atoms with Gasteiger partial charge in [0.05, 0.1) is 18.5 Å².